The summed E-state index contributed by atoms with van der Waals surface area (Å²) in [4.78, 5) is 0. The molecule has 0 radical (unpaired) electrons. The van der Waals surface area contributed by atoms with Crippen molar-refractivity contribution in [2.75, 3.05) is 20.3 Å². The van der Waals surface area contributed by atoms with E-state index in [2.05, 4.69) is 30.3 Å². The van der Waals surface area contributed by atoms with Crippen LogP contribution in [0.25, 0.3) is 0 Å². The van der Waals surface area contributed by atoms with Gasteiger partial charge in [0.05, 0.1) is 13.7 Å². The lowest BCUT2D eigenvalue weighted by atomic mass is 10.00. The van der Waals surface area contributed by atoms with Crippen molar-refractivity contribution in [1.29, 1.82) is 0 Å². The number of aryl methyl sites for hydroxylation is 2. The zero-order valence-electron chi connectivity index (χ0n) is 17.5. The Bertz CT molecular complexity index is 792. The molecule has 1 fully saturated rings. The summed E-state index contributed by atoms with van der Waals surface area (Å²) in [5, 5.41) is 10.6. The van der Waals surface area contributed by atoms with Gasteiger partial charge in [-0.2, -0.15) is 0 Å². The van der Waals surface area contributed by atoms with E-state index in [4.69, 9.17) is 14.2 Å². The standard InChI is InChI=1S/C25H32O4/c1-19(18-29-25-10-6-7-15-28-25)11-14-22-23(26)16-21(17-24(22)27-2)13-12-20-8-4-3-5-9-20/h3-5,8-9,11,16-17,25-26H,6-7,10,12-15,18H2,1-2H3/b19-11-. The first-order chi connectivity index (χ1) is 14.2. The Hall–Kier alpha value is -2.30. The molecule has 1 heterocycles. The lowest BCUT2D eigenvalue weighted by Gasteiger charge is -2.22. The minimum atomic E-state index is -0.0843. The molecule has 2 aromatic rings. The summed E-state index contributed by atoms with van der Waals surface area (Å²) in [5.41, 5.74) is 4.29. The highest BCUT2D eigenvalue weighted by atomic mass is 16.7. The largest absolute Gasteiger partial charge is 0.508 e. The highest BCUT2D eigenvalue weighted by Gasteiger charge is 2.14. The van der Waals surface area contributed by atoms with Gasteiger partial charge in [0.15, 0.2) is 6.29 Å². The van der Waals surface area contributed by atoms with E-state index < -0.39 is 0 Å². The third-order valence-corrected chi connectivity index (χ3v) is 5.30. The molecule has 1 saturated heterocycles. The van der Waals surface area contributed by atoms with Crippen molar-refractivity contribution in [2.45, 2.75) is 51.7 Å². The Labute approximate surface area is 174 Å². The molecule has 0 saturated carbocycles. The van der Waals surface area contributed by atoms with Crippen LogP contribution in [0.1, 0.15) is 42.9 Å². The lowest BCUT2D eigenvalue weighted by molar-refractivity contribution is -0.156. The minimum Gasteiger partial charge on any atom is -0.508 e. The number of phenolic OH excluding ortho intramolecular Hbond substituents is 1. The third-order valence-electron chi connectivity index (χ3n) is 5.30. The molecule has 1 aliphatic rings. The Morgan fingerprint density at radius 3 is 2.66 bits per heavy atom. The van der Waals surface area contributed by atoms with Crippen molar-refractivity contribution in [3.63, 3.8) is 0 Å². The quantitative estimate of drug-likeness (QED) is 0.591. The van der Waals surface area contributed by atoms with Gasteiger partial charge in [-0.1, -0.05) is 42.0 Å². The van der Waals surface area contributed by atoms with Crippen molar-refractivity contribution in [3.8, 4) is 11.5 Å². The number of aromatic hydroxyl groups is 1. The molecule has 1 atom stereocenters. The molecule has 29 heavy (non-hydrogen) atoms. The fraction of sp³-hybridized carbons (Fsp3) is 0.440. The van der Waals surface area contributed by atoms with Crippen LogP contribution in [0.2, 0.25) is 0 Å². The Kier molecular flexibility index (Phi) is 8.14. The molecule has 0 bridgehead atoms. The highest BCUT2D eigenvalue weighted by Crippen LogP contribution is 2.31. The van der Waals surface area contributed by atoms with Crippen LogP contribution in [0.5, 0.6) is 11.5 Å². The molecule has 0 aromatic heterocycles. The molecule has 1 unspecified atom stereocenters. The number of hydrogen-bond donors (Lipinski definition) is 1. The van der Waals surface area contributed by atoms with E-state index in [1.807, 2.05) is 25.1 Å². The van der Waals surface area contributed by atoms with Gasteiger partial charge in [0.25, 0.3) is 0 Å². The van der Waals surface area contributed by atoms with E-state index in [0.717, 1.165) is 61.2 Å². The predicted molar refractivity (Wildman–Crippen MR) is 116 cm³/mol. The van der Waals surface area contributed by atoms with E-state index >= 15 is 0 Å². The summed E-state index contributed by atoms with van der Waals surface area (Å²) < 4.78 is 17.0. The van der Waals surface area contributed by atoms with Crippen LogP contribution in [-0.4, -0.2) is 31.7 Å². The molecule has 0 aliphatic carbocycles. The normalized spacial score (nSPS) is 17.3. The molecular formula is C25H32O4. The summed E-state index contributed by atoms with van der Waals surface area (Å²) in [7, 11) is 1.65. The van der Waals surface area contributed by atoms with Crippen LogP contribution in [0.15, 0.2) is 54.1 Å². The second-order valence-electron chi connectivity index (χ2n) is 7.64. The van der Waals surface area contributed by atoms with Crippen molar-refractivity contribution >= 4 is 0 Å². The van der Waals surface area contributed by atoms with E-state index in [-0.39, 0.29) is 12.0 Å². The van der Waals surface area contributed by atoms with Crippen LogP contribution >= 0.6 is 0 Å². The number of methoxy groups -OCH3 is 1. The zero-order valence-corrected chi connectivity index (χ0v) is 17.5. The van der Waals surface area contributed by atoms with Crippen molar-refractivity contribution in [1.82, 2.24) is 0 Å². The van der Waals surface area contributed by atoms with Gasteiger partial charge in [-0.15, -0.1) is 0 Å². The monoisotopic (exact) mass is 396 g/mol. The van der Waals surface area contributed by atoms with Crippen LogP contribution in [0, 0.1) is 0 Å². The van der Waals surface area contributed by atoms with E-state index in [0.29, 0.717) is 13.0 Å². The Balaban J connectivity index is 1.59. The van der Waals surface area contributed by atoms with Crippen LogP contribution < -0.4 is 4.74 Å². The lowest BCUT2D eigenvalue weighted by Crippen LogP contribution is -2.22. The average molecular weight is 397 g/mol. The van der Waals surface area contributed by atoms with Gasteiger partial charge in [0, 0.05) is 12.2 Å². The smallest absolute Gasteiger partial charge is 0.158 e. The predicted octanol–water partition coefficient (Wildman–Crippen LogP) is 5.22. The van der Waals surface area contributed by atoms with E-state index in [1.54, 1.807) is 7.11 Å². The maximum Gasteiger partial charge on any atom is 0.158 e. The van der Waals surface area contributed by atoms with E-state index in [9.17, 15) is 5.11 Å². The number of rotatable bonds is 9. The SMILES string of the molecule is COc1cc(CCc2ccccc2)cc(O)c1C/C=C(/C)COC1CCCCO1. The molecule has 156 valence electrons. The average Bonchev–Trinajstić information content (AvgIpc) is 2.76. The minimum absolute atomic E-state index is 0.0843. The molecule has 0 amide bonds. The fourth-order valence-electron chi connectivity index (χ4n) is 3.55. The van der Waals surface area contributed by atoms with Crippen LogP contribution in [0.4, 0.5) is 0 Å². The molecule has 1 aliphatic heterocycles. The number of ether oxygens (including phenoxy) is 3. The van der Waals surface area contributed by atoms with Gasteiger partial charge in [-0.25, -0.2) is 0 Å². The molecule has 3 rings (SSSR count). The summed E-state index contributed by atoms with van der Waals surface area (Å²) in [6, 6.07) is 14.3. The fourth-order valence-corrected chi connectivity index (χ4v) is 3.55. The van der Waals surface area contributed by atoms with Gasteiger partial charge < -0.3 is 19.3 Å². The Morgan fingerprint density at radius 1 is 1.14 bits per heavy atom. The van der Waals surface area contributed by atoms with Crippen molar-refractivity contribution < 1.29 is 19.3 Å². The first kappa shape index (κ1) is 21.4. The topological polar surface area (TPSA) is 47.9 Å². The molecule has 4 heteroatoms. The number of benzene rings is 2. The van der Waals surface area contributed by atoms with Crippen molar-refractivity contribution in [2.24, 2.45) is 0 Å². The second kappa shape index (κ2) is 11.0. The van der Waals surface area contributed by atoms with Crippen LogP contribution in [-0.2, 0) is 28.7 Å². The molecule has 4 nitrogen and oxygen atoms in total. The first-order valence-corrected chi connectivity index (χ1v) is 10.5. The van der Waals surface area contributed by atoms with Gasteiger partial charge in [-0.05, 0) is 68.7 Å². The van der Waals surface area contributed by atoms with Gasteiger partial charge >= 0.3 is 0 Å². The maximum absolute atomic E-state index is 10.6. The summed E-state index contributed by atoms with van der Waals surface area (Å²) >= 11 is 0. The van der Waals surface area contributed by atoms with Gasteiger partial charge in [0.2, 0.25) is 0 Å². The number of phenols is 1. The highest BCUT2D eigenvalue weighted by molar-refractivity contribution is 5.48. The molecule has 0 spiro atoms. The van der Waals surface area contributed by atoms with Gasteiger partial charge in [-0.3, -0.25) is 0 Å². The van der Waals surface area contributed by atoms with Crippen LogP contribution in [0.3, 0.4) is 0 Å². The molecule has 1 N–H and O–H groups in total. The molecule has 2 aromatic carbocycles. The number of allylic oxidation sites excluding steroid dienone is 1. The Morgan fingerprint density at radius 2 is 1.93 bits per heavy atom. The molecular weight excluding hydrogens is 364 g/mol. The van der Waals surface area contributed by atoms with Crippen molar-refractivity contribution in [3.05, 3.63) is 70.8 Å². The summed E-state index contributed by atoms with van der Waals surface area (Å²) in [6.07, 6.45) is 7.65. The zero-order chi connectivity index (χ0) is 20.5. The number of hydrogen-bond acceptors (Lipinski definition) is 4. The third kappa shape index (κ3) is 6.62. The van der Waals surface area contributed by atoms with Gasteiger partial charge in [0.1, 0.15) is 11.5 Å². The first-order valence-electron chi connectivity index (χ1n) is 10.5. The summed E-state index contributed by atoms with van der Waals surface area (Å²) in [6.45, 7) is 3.37. The maximum atomic E-state index is 10.6. The summed E-state index contributed by atoms with van der Waals surface area (Å²) in [5.74, 6) is 1.02. The van der Waals surface area contributed by atoms with E-state index in [1.165, 1.54) is 5.56 Å². The second-order valence-corrected chi connectivity index (χ2v) is 7.64.